The minimum Gasteiger partial charge on any atom is -0.410 e. The van der Waals surface area contributed by atoms with Crippen molar-refractivity contribution in [2.75, 3.05) is 44.7 Å². The molecule has 7 nitrogen and oxygen atoms in total. The van der Waals surface area contributed by atoms with Gasteiger partial charge in [-0.1, -0.05) is 36.4 Å². The molecule has 1 N–H and O–H groups in total. The molecule has 1 fully saturated rings. The SMILES string of the molecule is CN(C[C@H]1Cc2c(cccc2N2CCN(C(=O)Oc3ccccc3)CC2)CN1)[C@H]1CCCc2cccnc21. The number of likely N-dealkylation sites (N-methyl/N-ethyl adjacent to an activating group) is 1. The molecule has 1 aromatic heterocycles. The third kappa shape index (κ3) is 5.26. The lowest BCUT2D eigenvalue weighted by molar-refractivity contribution is 0.149. The highest BCUT2D eigenvalue weighted by Gasteiger charge is 2.30. The van der Waals surface area contributed by atoms with Crippen LogP contribution in [0.5, 0.6) is 5.75 Å². The van der Waals surface area contributed by atoms with Gasteiger partial charge in [0.2, 0.25) is 0 Å². The number of piperazine rings is 1. The Kier molecular flexibility index (Phi) is 7.29. The first-order valence-corrected chi connectivity index (χ1v) is 13.9. The number of amides is 1. The fourth-order valence-corrected chi connectivity index (χ4v) is 6.29. The largest absolute Gasteiger partial charge is 0.415 e. The number of nitrogens with one attached hydrogen (secondary N) is 1. The number of nitrogens with zero attached hydrogens (tertiary/aromatic N) is 4. The van der Waals surface area contributed by atoms with E-state index in [2.05, 4.69) is 52.5 Å². The number of para-hydroxylation sites is 1. The van der Waals surface area contributed by atoms with E-state index in [1.807, 2.05) is 41.4 Å². The van der Waals surface area contributed by atoms with Gasteiger partial charge in [-0.3, -0.25) is 9.88 Å². The van der Waals surface area contributed by atoms with E-state index >= 15 is 0 Å². The van der Waals surface area contributed by atoms with Gasteiger partial charge in [0.25, 0.3) is 0 Å². The molecule has 1 aliphatic carbocycles. The van der Waals surface area contributed by atoms with Crippen molar-refractivity contribution in [1.82, 2.24) is 20.1 Å². The lowest BCUT2D eigenvalue weighted by atomic mass is 9.89. The molecule has 1 amide bonds. The lowest BCUT2D eigenvalue weighted by Gasteiger charge is -2.39. The van der Waals surface area contributed by atoms with Crippen molar-refractivity contribution in [3.8, 4) is 5.75 Å². The molecule has 3 aromatic rings. The minimum absolute atomic E-state index is 0.267. The van der Waals surface area contributed by atoms with E-state index in [1.54, 1.807) is 0 Å². The first kappa shape index (κ1) is 24.9. The molecule has 198 valence electrons. The van der Waals surface area contributed by atoms with Crippen molar-refractivity contribution in [1.29, 1.82) is 0 Å². The topological polar surface area (TPSA) is 60.9 Å². The molecule has 6 rings (SSSR count). The Morgan fingerprint density at radius 3 is 2.68 bits per heavy atom. The quantitative estimate of drug-likeness (QED) is 0.547. The van der Waals surface area contributed by atoms with Crippen LogP contribution in [0.2, 0.25) is 0 Å². The molecule has 7 heteroatoms. The average Bonchev–Trinajstić information content (AvgIpc) is 2.97. The Balaban J connectivity index is 1.09. The van der Waals surface area contributed by atoms with E-state index in [9.17, 15) is 4.79 Å². The number of carbonyl (C=O) groups excluding carboxylic acids is 1. The number of aryl methyl sites for hydroxylation is 1. The van der Waals surface area contributed by atoms with Gasteiger partial charge in [-0.05, 0) is 73.7 Å². The van der Waals surface area contributed by atoms with Crippen LogP contribution in [0.4, 0.5) is 10.5 Å². The number of rotatable bonds is 5. The number of benzene rings is 2. The second-order valence-electron chi connectivity index (χ2n) is 10.7. The van der Waals surface area contributed by atoms with Gasteiger partial charge in [0, 0.05) is 57.2 Å². The van der Waals surface area contributed by atoms with Crippen molar-refractivity contribution in [3.05, 3.63) is 89.2 Å². The molecular weight excluding hydrogens is 474 g/mol. The van der Waals surface area contributed by atoms with Gasteiger partial charge in [-0.15, -0.1) is 0 Å². The number of aromatic nitrogens is 1. The average molecular weight is 512 g/mol. The molecule has 0 radical (unpaired) electrons. The molecular formula is C31H37N5O2. The van der Waals surface area contributed by atoms with Crippen molar-refractivity contribution in [2.24, 2.45) is 0 Å². The molecule has 0 spiro atoms. The summed E-state index contributed by atoms with van der Waals surface area (Å²) in [6.45, 7) is 4.82. The zero-order chi connectivity index (χ0) is 25.9. The normalized spacial score (nSPS) is 21.1. The molecule has 0 unspecified atom stereocenters. The molecule has 2 aromatic carbocycles. The molecule has 3 aliphatic rings. The van der Waals surface area contributed by atoms with Crippen LogP contribution in [0.1, 0.15) is 41.3 Å². The van der Waals surface area contributed by atoms with Crippen LogP contribution in [0.15, 0.2) is 66.9 Å². The van der Waals surface area contributed by atoms with Gasteiger partial charge >= 0.3 is 6.09 Å². The third-order valence-electron chi connectivity index (χ3n) is 8.31. The van der Waals surface area contributed by atoms with E-state index in [-0.39, 0.29) is 6.09 Å². The predicted octanol–water partition coefficient (Wildman–Crippen LogP) is 4.43. The van der Waals surface area contributed by atoms with Crippen molar-refractivity contribution in [2.45, 2.75) is 44.3 Å². The highest BCUT2D eigenvalue weighted by Crippen LogP contribution is 2.33. The number of anilines is 1. The summed E-state index contributed by atoms with van der Waals surface area (Å²) >= 11 is 0. The fraction of sp³-hybridized carbons (Fsp3) is 0.419. The summed E-state index contributed by atoms with van der Waals surface area (Å²) in [6, 6.07) is 21.1. The Morgan fingerprint density at radius 2 is 1.84 bits per heavy atom. The molecule has 0 saturated carbocycles. The molecule has 2 atom stereocenters. The molecule has 2 aliphatic heterocycles. The van der Waals surface area contributed by atoms with Crippen LogP contribution < -0.4 is 15.0 Å². The van der Waals surface area contributed by atoms with Crippen LogP contribution >= 0.6 is 0 Å². The second kappa shape index (κ2) is 11.1. The lowest BCUT2D eigenvalue weighted by Crippen LogP contribution is -2.50. The summed E-state index contributed by atoms with van der Waals surface area (Å²) in [7, 11) is 2.26. The van der Waals surface area contributed by atoms with E-state index in [0.29, 0.717) is 30.9 Å². The van der Waals surface area contributed by atoms with Gasteiger partial charge in [0.05, 0.1) is 11.7 Å². The number of carbonyl (C=O) groups is 1. The van der Waals surface area contributed by atoms with Crippen LogP contribution in [-0.4, -0.2) is 66.7 Å². The fourth-order valence-electron chi connectivity index (χ4n) is 6.29. The predicted molar refractivity (Wildman–Crippen MR) is 150 cm³/mol. The van der Waals surface area contributed by atoms with Gasteiger partial charge in [0.15, 0.2) is 0 Å². The number of hydrogen-bond acceptors (Lipinski definition) is 6. The van der Waals surface area contributed by atoms with Gasteiger partial charge in [-0.2, -0.15) is 0 Å². The molecule has 3 heterocycles. The molecule has 1 saturated heterocycles. The van der Waals surface area contributed by atoms with Crippen molar-refractivity contribution in [3.63, 3.8) is 0 Å². The summed E-state index contributed by atoms with van der Waals surface area (Å²) in [5.41, 5.74) is 6.83. The summed E-state index contributed by atoms with van der Waals surface area (Å²) < 4.78 is 5.56. The van der Waals surface area contributed by atoms with E-state index < -0.39 is 0 Å². The summed E-state index contributed by atoms with van der Waals surface area (Å²) in [4.78, 5) is 24.2. The maximum Gasteiger partial charge on any atom is 0.415 e. The zero-order valence-corrected chi connectivity index (χ0v) is 22.2. The number of ether oxygens (including phenoxy) is 1. The number of fused-ring (bicyclic) bond motifs is 2. The maximum atomic E-state index is 12.7. The highest BCUT2D eigenvalue weighted by atomic mass is 16.6. The Hall–Kier alpha value is -3.42. The Labute approximate surface area is 225 Å². The molecule has 38 heavy (non-hydrogen) atoms. The standard InChI is InChI=1S/C31H37N5O2/c1-34(29-14-5-8-23-10-7-15-32-30(23)29)22-25-20-27-24(21-33-25)9-6-13-28(27)35-16-18-36(19-17-35)31(37)38-26-11-3-2-4-12-26/h2-4,6-7,9-13,15,25,29,33H,5,8,14,16-22H2,1H3/t25-,29+/m1/s1. The summed E-state index contributed by atoms with van der Waals surface area (Å²) in [6.07, 6.45) is 6.22. The van der Waals surface area contributed by atoms with Gasteiger partial charge in [0.1, 0.15) is 5.75 Å². The smallest absolute Gasteiger partial charge is 0.410 e. The minimum atomic E-state index is -0.267. The number of pyridine rings is 1. The Morgan fingerprint density at radius 1 is 1.03 bits per heavy atom. The summed E-state index contributed by atoms with van der Waals surface area (Å²) in [5, 5.41) is 3.79. The second-order valence-corrected chi connectivity index (χ2v) is 10.7. The number of hydrogen-bond donors (Lipinski definition) is 1. The first-order chi connectivity index (χ1) is 18.7. The first-order valence-electron chi connectivity index (χ1n) is 13.9. The van der Waals surface area contributed by atoms with Crippen molar-refractivity contribution >= 4 is 11.8 Å². The Bertz CT molecular complexity index is 1260. The van der Waals surface area contributed by atoms with Crippen LogP contribution in [-0.2, 0) is 19.4 Å². The monoisotopic (exact) mass is 511 g/mol. The van der Waals surface area contributed by atoms with Crippen molar-refractivity contribution < 1.29 is 9.53 Å². The van der Waals surface area contributed by atoms with Crippen LogP contribution in [0, 0.1) is 0 Å². The summed E-state index contributed by atoms with van der Waals surface area (Å²) in [5.74, 6) is 0.591. The van der Waals surface area contributed by atoms with Gasteiger partial charge in [-0.25, -0.2) is 4.79 Å². The molecule has 0 bridgehead atoms. The highest BCUT2D eigenvalue weighted by molar-refractivity contribution is 5.71. The zero-order valence-electron chi connectivity index (χ0n) is 22.2. The third-order valence-corrected chi connectivity index (χ3v) is 8.31. The van der Waals surface area contributed by atoms with Gasteiger partial charge < -0.3 is 19.9 Å². The van der Waals surface area contributed by atoms with Crippen LogP contribution in [0.25, 0.3) is 0 Å². The van der Waals surface area contributed by atoms with Crippen LogP contribution in [0.3, 0.4) is 0 Å². The van der Waals surface area contributed by atoms with E-state index in [1.165, 1.54) is 40.9 Å². The van der Waals surface area contributed by atoms with E-state index in [4.69, 9.17) is 9.72 Å². The maximum absolute atomic E-state index is 12.7. The van der Waals surface area contributed by atoms with E-state index in [0.717, 1.165) is 39.0 Å².